The topological polar surface area (TPSA) is 110 Å². The normalized spacial score (nSPS) is 10.8. The fraction of sp³-hybridized carbons (Fsp3) is 0.261. The molecule has 8 nitrogen and oxygen atoms in total. The fourth-order valence-corrected chi connectivity index (χ4v) is 3.30. The van der Waals surface area contributed by atoms with Crippen molar-refractivity contribution >= 4 is 17.4 Å². The highest BCUT2D eigenvalue weighted by molar-refractivity contribution is 6.07. The van der Waals surface area contributed by atoms with E-state index in [0.717, 1.165) is 11.1 Å². The van der Waals surface area contributed by atoms with E-state index in [1.165, 1.54) is 9.47 Å². The minimum atomic E-state index is -0.704. The first kappa shape index (κ1) is 22.0. The van der Waals surface area contributed by atoms with Gasteiger partial charge in [-0.05, 0) is 31.0 Å². The van der Waals surface area contributed by atoms with Gasteiger partial charge in [-0.2, -0.15) is 0 Å². The first-order chi connectivity index (χ1) is 14.9. The van der Waals surface area contributed by atoms with Gasteiger partial charge < -0.3 is 15.4 Å². The zero-order chi connectivity index (χ0) is 22.4. The van der Waals surface area contributed by atoms with Gasteiger partial charge in [-0.3, -0.25) is 19.1 Å². The summed E-state index contributed by atoms with van der Waals surface area (Å²) in [5, 5.41) is 0. The lowest BCUT2D eigenvalue weighted by Crippen LogP contribution is -2.42. The van der Waals surface area contributed by atoms with Gasteiger partial charge in [0.2, 0.25) is 0 Å². The third kappa shape index (κ3) is 5.10. The molecule has 2 aromatic carbocycles. The highest BCUT2D eigenvalue weighted by Gasteiger charge is 2.25. The zero-order valence-corrected chi connectivity index (χ0v) is 17.6. The van der Waals surface area contributed by atoms with E-state index in [0.29, 0.717) is 18.6 Å². The first-order valence-electron chi connectivity index (χ1n) is 9.96. The number of H-pyrrole nitrogens is 1. The van der Waals surface area contributed by atoms with Crippen LogP contribution in [0, 0.1) is 6.92 Å². The SMILES string of the molecule is COCCCN(C(=O)c1ccc(C)cc1)c1c(N)n(Cc2ccccc2)c(=O)[nH]c1=O. The second kappa shape index (κ2) is 9.90. The second-order valence-electron chi connectivity index (χ2n) is 7.23. The minimum Gasteiger partial charge on any atom is -0.385 e. The molecule has 0 aliphatic rings. The lowest BCUT2D eigenvalue weighted by atomic mass is 10.1. The standard InChI is InChI=1S/C23H26N4O4/c1-16-9-11-18(12-10-16)22(29)26(13-6-14-31-2)19-20(24)27(23(30)25-21(19)28)15-17-7-4-3-5-8-17/h3-5,7-12H,6,13-15,24H2,1-2H3,(H,25,28,30). The molecule has 3 rings (SSSR count). The predicted octanol–water partition coefficient (Wildman–Crippen LogP) is 2.16. The van der Waals surface area contributed by atoms with Crippen molar-refractivity contribution in [1.29, 1.82) is 0 Å². The maximum atomic E-state index is 13.3. The number of nitrogens with zero attached hydrogens (tertiary/aromatic N) is 2. The van der Waals surface area contributed by atoms with Gasteiger partial charge in [0.1, 0.15) is 5.82 Å². The van der Waals surface area contributed by atoms with Crippen molar-refractivity contribution in [2.75, 3.05) is 30.9 Å². The van der Waals surface area contributed by atoms with Crippen molar-refractivity contribution < 1.29 is 9.53 Å². The van der Waals surface area contributed by atoms with Crippen LogP contribution >= 0.6 is 0 Å². The molecule has 1 heterocycles. The van der Waals surface area contributed by atoms with Gasteiger partial charge in [0, 0.05) is 25.8 Å². The van der Waals surface area contributed by atoms with Gasteiger partial charge in [-0.15, -0.1) is 0 Å². The van der Waals surface area contributed by atoms with Crippen LogP contribution in [0.4, 0.5) is 11.5 Å². The number of aryl methyl sites for hydroxylation is 1. The molecule has 0 aliphatic heterocycles. The third-order valence-corrected chi connectivity index (χ3v) is 4.94. The number of amides is 1. The van der Waals surface area contributed by atoms with E-state index in [-0.39, 0.29) is 30.5 Å². The average molecular weight is 422 g/mol. The Balaban J connectivity index is 2.08. The summed E-state index contributed by atoms with van der Waals surface area (Å²) in [6.45, 7) is 2.70. The smallest absolute Gasteiger partial charge is 0.330 e. The number of benzene rings is 2. The van der Waals surface area contributed by atoms with E-state index in [4.69, 9.17) is 10.5 Å². The number of aromatic amines is 1. The molecule has 1 amide bonds. The van der Waals surface area contributed by atoms with E-state index in [9.17, 15) is 14.4 Å². The molecule has 0 radical (unpaired) electrons. The van der Waals surface area contributed by atoms with E-state index >= 15 is 0 Å². The van der Waals surface area contributed by atoms with Crippen LogP contribution in [0.3, 0.4) is 0 Å². The van der Waals surface area contributed by atoms with E-state index in [1.54, 1.807) is 19.2 Å². The number of nitrogen functional groups attached to an aromatic ring is 1. The van der Waals surface area contributed by atoms with Gasteiger partial charge in [-0.1, -0.05) is 48.0 Å². The lowest BCUT2D eigenvalue weighted by molar-refractivity contribution is 0.0983. The number of anilines is 2. The highest BCUT2D eigenvalue weighted by atomic mass is 16.5. The molecular weight excluding hydrogens is 396 g/mol. The summed E-state index contributed by atoms with van der Waals surface area (Å²) in [5.41, 5.74) is 7.19. The van der Waals surface area contributed by atoms with Gasteiger partial charge in [0.25, 0.3) is 11.5 Å². The third-order valence-electron chi connectivity index (χ3n) is 4.94. The molecule has 0 fully saturated rings. The summed E-state index contributed by atoms with van der Waals surface area (Å²) in [7, 11) is 1.56. The Morgan fingerprint density at radius 3 is 2.42 bits per heavy atom. The number of hydrogen-bond donors (Lipinski definition) is 2. The van der Waals surface area contributed by atoms with Crippen LogP contribution in [-0.4, -0.2) is 35.7 Å². The molecule has 0 atom stereocenters. The summed E-state index contributed by atoms with van der Waals surface area (Å²) in [6.07, 6.45) is 0.491. The Morgan fingerprint density at radius 1 is 1.10 bits per heavy atom. The van der Waals surface area contributed by atoms with E-state index in [2.05, 4.69) is 4.98 Å². The number of carbonyl (C=O) groups excluding carboxylic acids is 1. The summed E-state index contributed by atoms with van der Waals surface area (Å²) in [4.78, 5) is 42.2. The molecule has 1 aromatic heterocycles. The summed E-state index contributed by atoms with van der Waals surface area (Å²) < 4.78 is 6.36. The van der Waals surface area contributed by atoms with Gasteiger partial charge in [0.15, 0.2) is 5.69 Å². The van der Waals surface area contributed by atoms with Crippen LogP contribution in [0.5, 0.6) is 0 Å². The molecule has 0 bridgehead atoms. The molecule has 0 saturated carbocycles. The maximum Gasteiger partial charge on any atom is 0.330 e. The molecule has 8 heteroatoms. The quantitative estimate of drug-likeness (QED) is 0.541. The second-order valence-corrected chi connectivity index (χ2v) is 7.23. The molecule has 162 valence electrons. The molecule has 3 N–H and O–H groups in total. The number of methoxy groups -OCH3 is 1. The summed E-state index contributed by atoms with van der Waals surface area (Å²) in [6, 6.07) is 16.3. The van der Waals surface area contributed by atoms with Crippen molar-refractivity contribution in [3.05, 3.63) is 92.1 Å². The van der Waals surface area contributed by atoms with Crippen LogP contribution in [0.1, 0.15) is 27.9 Å². The first-order valence-corrected chi connectivity index (χ1v) is 9.96. The lowest BCUT2D eigenvalue weighted by Gasteiger charge is -2.24. The van der Waals surface area contributed by atoms with Crippen molar-refractivity contribution in [2.45, 2.75) is 19.9 Å². The molecule has 31 heavy (non-hydrogen) atoms. The zero-order valence-electron chi connectivity index (χ0n) is 17.6. The van der Waals surface area contributed by atoms with E-state index < -0.39 is 11.2 Å². The molecule has 0 saturated heterocycles. The van der Waals surface area contributed by atoms with Crippen molar-refractivity contribution in [2.24, 2.45) is 0 Å². The maximum absolute atomic E-state index is 13.3. The number of nitrogens with one attached hydrogen (secondary N) is 1. The molecule has 0 unspecified atom stereocenters. The fourth-order valence-electron chi connectivity index (χ4n) is 3.30. The number of aromatic nitrogens is 2. The number of nitrogens with two attached hydrogens (primary N) is 1. The molecule has 3 aromatic rings. The van der Waals surface area contributed by atoms with Crippen molar-refractivity contribution in [3.8, 4) is 0 Å². The average Bonchev–Trinajstić information content (AvgIpc) is 2.76. The van der Waals surface area contributed by atoms with Crippen molar-refractivity contribution in [3.63, 3.8) is 0 Å². The van der Waals surface area contributed by atoms with Crippen LogP contribution in [0.15, 0.2) is 64.2 Å². The van der Waals surface area contributed by atoms with Crippen molar-refractivity contribution in [1.82, 2.24) is 9.55 Å². The Morgan fingerprint density at radius 2 is 1.77 bits per heavy atom. The Kier molecular flexibility index (Phi) is 7.04. The van der Waals surface area contributed by atoms with Crippen LogP contribution in [0.25, 0.3) is 0 Å². The van der Waals surface area contributed by atoms with Gasteiger partial charge >= 0.3 is 5.69 Å². The van der Waals surface area contributed by atoms with Crippen LogP contribution < -0.4 is 21.9 Å². The number of ether oxygens (including phenoxy) is 1. The number of carbonyl (C=O) groups is 1. The predicted molar refractivity (Wildman–Crippen MR) is 121 cm³/mol. The Bertz CT molecular complexity index is 1150. The molecule has 0 spiro atoms. The highest BCUT2D eigenvalue weighted by Crippen LogP contribution is 2.21. The van der Waals surface area contributed by atoms with E-state index in [1.807, 2.05) is 49.4 Å². The van der Waals surface area contributed by atoms with Gasteiger partial charge in [0.05, 0.1) is 6.54 Å². The summed E-state index contributed by atoms with van der Waals surface area (Å²) in [5.74, 6) is -0.436. The molecule has 0 aliphatic carbocycles. The van der Waals surface area contributed by atoms with Crippen LogP contribution in [-0.2, 0) is 11.3 Å². The summed E-state index contributed by atoms with van der Waals surface area (Å²) >= 11 is 0. The number of rotatable bonds is 8. The Hall–Kier alpha value is -3.65. The number of hydrogen-bond acceptors (Lipinski definition) is 5. The molecular formula is C23H26N4O4. The Labute approximate surface area is 179 Å². The largest absolute Gasteiger partial charge is 0.385 e. The minimum absolute atomic E-state index is 0.0443. The van der Waals surface area contributed by atoms with Gasteiger partial charge in [-0.25, -0.2) is 4.79 Å². The monoisotopic (exact) mass is 422 g/mol. The van der Waals surface area contributed by atoms with Crippen LogP contribution in [0.2, 0.25) is 0 Å².